The summed E-state index contributed by atoms with van der Waals surface area (Å²) in [5, 5.41) is 7.12. The molecule has 5 heteroatoms. The van der Waals surface area contributed by atoms with Crippen LogP contribution in [0.15, 0.2) is 29.0 Å². The fourth-order valence-corrected chi connectivity index (χ4v) is 2.88. The first-order valence-corrected chi connectivity index (χ1v) is 7.43. The molecule has 0 radical (unpaired) electrons. The number of hydrogen-bond donors (Lipinski definition) is 2. The predicted molar refractivity (Wildman–Crippen MR) is 81.3 cm³/mol. The Labute approximate surface area is 121 Å². The molecule has 1 aliphatic rings. The van der Waals surface area contributed by atoms with Gasteiger partial charge in [-0.05, 0) is 54.4 Å². The van der Waals surface area contributed by atoms with Crippen LogP contribution in [0.5, 0.6) is 0 Å². The first-order valence-electron chi connectivity index (χ1n) is 6.64. The normalized spacial score (nSPS) is 23.5. The van der Waals surface area contributed by atoms with Crippen molar-refractivity contribution in [1.29, 1.82) is 0 Å². The number of rotatable bonds is 2. The fourth-order valence-electron chi connectivity index (χ4n) is 2.56. The summed E-state index contributed by atoms with van der Waals surface area (Å²) >= 11 is 3.43. The van der Waals surface area contributed by atoms with Gasteiger partial charge in [0.2, 0.25) is 0 Å². The van der Waals surface area contributed by atoms with Gasteiger partial charge in [-0.2, -0.15) is 0 Å². The Balaban J connectivity index is 1.92. The van der Waals surface area contributed by atoms with Crippen molar-refractivity contribution in [3.8, 4) is 0 Å². The quantitative estimate of drug-likeness (QED) is 0.893. The number of hydrogen-bond acceptors (Lipinski definition) is 4. The maximum Gasteiger partial charge on any atom is 0.112 e. The lowest BCUT2D eigenvalue weighted by Crippen LogP contribution is -2.46. The van der Waals surface area contributed by atoms with Gasteiger partial charge in [0.05, 0.1) is 11.2 Å². The third-order valence-corrected chi connectivity index (χ3v) is 4.08. The van der Waals surface area contributed by atoms with E-state index in [0.29, 0.717) is 12.1 Å². The topological polar surface area (TPSA) is 49.8 Å². The Morgan fingerprint density at radius 2 is 2.32 bits per heavy atom. The van der Waals surface area contributed by atoms with E-state index < -0.39 is 0 Å². The van der Waals surface area contributed by atoms with Gasteiger partial charge >= 0.3 is 0 Å². The average molecular weight is 321 g/mol. The van der Waals surface area contributed by atoms with Crippen molar-refractivity contribution in [2.75, 3.05) is 11.9 Å². The number of pyridine rings is 2. The second kappa shape index (κ2) is 5.43. The molecule has 2 unspecified atom stereocenters. The molecule has 0 aliphatic carbocycles. The number of nitrogens with one attached hydrogen (secondary N) is 2. The highest BCUT2D eigenvalue weighted by molar-refractivity contribution is 9.10. The van der Waals surface area contributed by atoms with Crippen LogP contribution in [0.25, 0.3) is 11.0 Å². The summed E-state index contributed by atoms with van der Waals surface area (Å²) < 4.78 is 0.956. The molecule has 1 fully saturated rings. The Morgan fingerprint density at radius 3 is 3.16 bits per heavy atom. The summed E-state index contributed by atoms with van der Waals surface area (Å²) in [6, 6.07) is 4.93. The van der Waals surface area contributed by atoms with Crippen LogP contribution < -0.4 is 10.6 Å². The van der Waals surface area contributed by atoms with Gasteiger partial charge in [0.15, 0.2) is 0 Å². The van der Waals surface area contributed by atoms with E-state index in [4.69, 9.17) is 0 Å². The first-order chi connectivity index (χ1) is 9.24. The molecule has 3 heterocycles. The molecule has 19 heavy (non-hydrogen) atoms. The van der Waals surface area contributed by atoms with Crippen LogP contribution in [0.4, 0.5) is 5.69 Å². The lowest BCUT2D eigenvalue weighted by atomic mass is 9.99. The summed E-state index contributed by atoms with van der Waals surface area (Å²) in [5.41, 5.74) is 2.91. The lowest BCUT2D eigenvalue weighted by Gasteiger charge is -2.31. The first kappa shape index (κ1) is 12.8. The third-order valence-electron chi connectivity index (χ3n) is 3.65. The number of halogens is 1. The van der Waals surface area contributed by atoms with Gasteiger partial charge in [-0.15, -0.1) is 0 Å². The number of piperidine rings is 1. The molecule has 0 amide bonds. The molecule has 0 aromatic carbocycles. The van der Waals surface area contributed by atoms with E-state index in [1.165, 1.54) is 12.8 Å². The molecule has 2 aromatic rings. The second-order valence-corrected chi connectivity index (χ2v) is 5.93. The smallest absolute Gasteiger partial charge is 0.112 e. The van der Waals surface area contributed by atoms with Crippen LogP contribution in [0, 0.1) is 0 Å². The minimum Gasteiger partial charge on any atom is -0.379 e. The van der Waals surface area contributed by atoms with E-state index in [1.54, 1.807) is 0 Å². The lowest BCUT2D eigenvalue weighted by molar-refractivity contribution is 0.389. The molecular weight excluding hydrogens is 304 g/mol. The van der Waals surface area contributed by atoms with Crippen molar-refractivity contribution in [2.45, 2.75) is 31.8 Å². The zero-order valence-corrected chi connectivity index (χ0v) is 12.4. The SMILES string of the molecule is CC1NCCCC1Nc1ccnc2cc(Br)cnc12. The van der Waals surface area contributed by atoms with E-state index in [9.17, 15) is 0 Å². The minimum atomic E-state index is 0.449. The van der Waals surface area contributed by atoms with Crippen LogP contribution in [-0.4, -0.2) is 28.6 Å². The fraction of sp³-hybridized carbons (Fsp3) is 0.429. The van der Waals surface area contributed by atoms with Gasteiger partial charge in [0.25, 0.3) is 0 Å². The van der Waals surface area contributed by atoms with Gasteiger partial charge in [0, 0.05) is 29.0 Å². The van der Waals surface area contributed by atoms with Crippen LogP contribution in [0.1, 0.15) is 19.8 Å². The Kier molecular flexibility index (Phi) is 3.66. The zero-order valence-electron chi connectivity index (χ0n) is 10.9. The largest absolute Gasteiger partial charge is 0.379 e. The highest BCUT2D eigenvalue weighted by atomic mass is 79.9. The monoisotopic (exact) mass is 320 g/mol. The van der Waals surface area contributed by atoms with Crippen LogP contribution >= 0.6 is 15.9 Å². The maximum absolute atomic E-state index is 4.48. The molecule has 2 aromatic heterocycles. The predicted octanol–water partition coefficient (Wildman–Crippen LogP) is 2.94. The summed E-state index contributed by atoms with van der Waals surface area (Å²) in [7, 11) is 0. The van der Waals surface area contributed by atoms with Crippen molar-refractivity contribution < 1.29 is 0 Å². The van der Waals surface area contributed by atoms with Gasteiger partial charge in [-0.3, -0.25) is 9.97 Å². The van der Waals surface area contributed by atoms with Gasteiger partial charge < -0.3 is 10.6 Å². The van der Waals surface area contributed by atoms with Crippen LogP contribution in [0.2, 0.25) is 0 Å². The van der Waals surface area contributed by atoms with Crippen molar-refractivity contribution in [1.82, 2.24) is 15.3 Å². The molecule has 4 nitrogen and oxygen atoms in total. The van der Waals surface area contributed by atoms with Crippen molar-refractivity contribution in [3.63, 3.8) is 0 Å². The maximum atomic E-state index is 4.48. The Hall–Kier alpha value is -1.20. The standard InChI is InChI=1S/C14H17BrN4/c1-9-11(3-2-5-16-9)19-12-4-6-17-13-7-10(15)8-18-14(12)13/h4,6-9,11,16H,2-3,5H2,1H3,(H,17,19). The molecule has 2 N–H and O–H groups in total. The van der Waals surface area contributed by atoms with Crippen molar-refractivity contribution >= 4 is 32.7 Å². The average Bonchev–Trinajstić information content (AvgIpc) is 2.41. The Bertz CT molecular complexity index is 587. The minimum absolute atomic E-state index is 0.449. The summed E-state index contributed by atoms with van der Waals surface area (Å²) in [5.74, 6) is 0. The van der Waals surface area contributed by atoms with Gasteiger partial charge in [-0.25, -0.2) is 0 Å². The Morgan fingerprint density at radius 1 is 1.42 bits per heavy atom. The summed E-state index contributed by atoms with van der Waals surface area (Å²) in [6.07, 6.45) is 6.05. The highest BCUT2D eigenvalue weighted by Crippen LogP contribution is 2.24. The third kappa shape index (κ3) is 2.72. The summed E-state index contributed by atoms with van der Waals surface area (Å²) in [6.45, 7) is 3.34. The molecule has 0 spiro atoms. The summed E-state index contributed by atoms with van der Waals surface area (Å²) in [4.78, 5) is 8.85. The zero-order chi connectivity index (χ0) is 13.2. The molecule has 100 valence electrons. The molecule has 2 atom stereocenters. The van der Waals surface area contributed by atoms with E-state index in [2.05, 4.69) is 43.5 Å². The van der Waals surface area contributed by atoms with Crippen LogP contribution in [0.3, 0.4) is 0 Å². The van der Waals surface area contributed by atoms with E-state index >= 15 is 0 Å². The molecule has 0 bridgehead atoms. The number of fused-ring (bicyclic) bond motifs is 1. The second-order valence-electron chi connectivity index (χ2n) is 5.02. The number of anilines is 1. The van der Waals surface area contributed by atoms with Crippen LogP contribution in [-0.2, 0) is 0 Å². The van der Waals surface area contributed by atoms with Crippen molar-refractivity contribution in [2.24, 2.45) is 0 Å². The molecule has 1 aliphatic heterocycles. The molecular formula is C14H17BrN4. The molecule has 0 saturated carbocycles. The number of aromatic nitrogens is 2. The van der Waals surface area contributed by atoms with Gasteiger partial charge in [0.1, 0.15) is 5.52 Å². The van der Waals surface area contributed by atoms with Crippen molar-refractivity contribution in [3.05, 3.63) is 29.0 Å². The van der Waals surface area contributed by atoms with E-state index in [-0.39, 0.29) is 0 Å². The molecule has 1 saturated heterocycles. The number of nitrogens with zero attached hydrogens (tertiary/aromatic N) is 2. The van der Waals surface area contributed by atoms with E-state index in [0.717, 1.165) is 27.7 Å². The van der Waals surface area contributed by atoms with Gasteiger partial charge in [-0.1, -0.05) is 0 Å². The molecule has 3 rings (SSSR count). The van der Waals surface area contributed by atoms with E-state index in [1.807, 2.05) is 24.5 Å². The highest BCUT2D eigenvalue weighted by Gasteiger charge is 2.21.